The van der Waals surface area contributed by atoms with E-state index >= 15 is 0 Å². The standard InChI is InChI=1S/C10H13N3O2S2/c1-14-5-6-16-10-13-12-9(17-10)11-7-8-3-2-4-15-8/h2-4H,5-7H2,1H3,(H,11,12). The molecule has 0 aliphatic heterocycles. The van der Waals surface area contributed by atoms with Crippen LogP contribution in [0, 0.1) is 0 Å². The average molecular weight is 271 g/mol. The second-order valence-electron chi connectivity index (χ2n) is 3.15. The number of methoxy groups -OCH3 is 1. The van der Waals surface area contributed by atoms with Gasteiger partial charge in [0.15, 0.2) is 4.34 Å². The highest BCUT2D eigenvalue weighted by atomic mass is 32.2. The summed E-state index contributed by atoms with van der Waals surface area (Å²) in [7, 11) is 1.69. The number of rotatable bonds is 7. The van der Waals surface area contributed by atoms with E-state index in [9.17, 15) is 0 Å². The molecule has 2 rings (SSSR count). The van der Waals surface area contributed by atoms with Crippen LogP contribution in [0.4, 0.5) is 5.13 Å². The first kappa shape index (κ1) is 12.4. The average Bonchev–Trinajstić information content (AvgIpc) is 2.98. The third-order valence-electron chi connectivity index (χ3n) is 1.91. The second kappa shape index (κ2) is 6.63. The lowest BCUT2D eigenvalue weighted by Crippen LogP contribution is -1.96. The minimum Gasteiger partial charge on any atom is -0.467 e. The molecule has 0 atom stereocenters. The topological polar surface area (TPSA) is 60.2 Å². The summed E-state index contributed by atoms with van der Waals surface area (Å²) in [6.45, 7) is 1.35. The van der Waals surface area contributed by atoms with Crippen molar-refractivity contribution in [1.29, 1.82) is 0 Å². The van der Waals surface area contributed by atoms with Gasteiger partial charge in [0.25, 0.3) is 0 Å². The lowest BCUT2D eigenvalue weighted by atomic mass is 10.4. The van der Waals surface area contributed by atoms with E-state index in [2.05, 4.69) is 15.5 Å². The SMILES string of the molecule is COCCSc1nnc(NCc2ccco2)s1. The molecule has 0 amide bonds. The van der Waals surface area contributed by atoms with Crippen molar-refractivity contribution in [2.24, 2.45) is 0 Å². The maximum atomic E-state index is 5.21. The Bertz CT molecular complexity index is 430. The predicted molar refractivity (Wildman–Crippen MR) is 68.5 cm³/mol. The van der Waals surface area contributed by atoms with Crippen molar-refractivity contribution < 1.29 is 9.15 Å². The third kappa shape index (κ3) is 4.03. The van der Waals surface area contributed by atoms with E-state index in [1.54, 1.807) is 25.1 Å². The zero-order chi connectivity index (χ0) is 11.9. The quantitative estimate of drug-likeness (QED) is 0.616. The maximum Gasteiger partial charge on any atom is 0.206 e. The molecule has 0 bridgehead atoms. The van der Waals surface area contributed by atoms with Gasteiger partial charge in [-0.25, -0.2) is 0 Å². The van der Waals surface area contributed by atoms with E-state index in [0.29, 0.717) is 6.54 Å². The van der Waals surface area contributed by atoms with E-state index in [4.69, 9.17) is 9.15 Å². The monoisotopic (exact) mass is 271 g/mol. The fraction of sp³-hybridized carbons (Fsp3) is 0.400. The Morgan fingerprint density at radius 1 is 1.53 bits per heavy atom. The van der Waals surface area contributed by atoms with Crippen LogP contribution in [-0.2, 0) is 11.3 Å². The fourth-order valence-electron chi connectivity index (χ4n) is 1.13. The lowest BCUT2D eigenvalue weighted by Gasteiger charge is -1.97. The number of thioether (sulfide) groups is 1. The molecule has 2 heterocycles. The number of furan rings is 1. The largest absolute Gasteiger partial charge is 0.467 e. The molecule has 17 heavy (non-hydrogen) atoms. The molecule has 0 saturated heterocycles. The van der Waals surface area contributed by atoms with Gasteiger partial charge in [-0.2, -0.15) is 0 Å². The van der Waals surface area contributed by atoms with E-state index in [0.717, 1.165) is 27.6 Å². The van der Waals surface area contributed by atoms with Crippen LogP contribution >= 0.6 is 23.1 Å². The van der Waals surface area contributed by atoms with E-state index in [-0.39, 0.29) is 0 Å². The van der Waals surface area contributed by atoms with Gasteiger partial charge in [-0.3, -0.25) is 0 Å². The third-order valence-corrected chi connectivity index (χ3v) is 3.89. The van der Waals surface area contributed by atoms with Gasteiger partial charge in [0.05, 0.1) is 19.4 Å². The molecule has 5 nitrogen and oxygen atoms in total. The van der Waals surface area contributed by atoms with Crippen molar-refractivity contribution in [2.75, 3.05) is 24.8 Å². The summed E-state index contributed by atoms with van der Waals surface area (Å²) in [6.07, 6.45) is 1.66. The first-order chi connectivity index (χ1) is 8.38. The molecule has 0 aliphatic carbocycles. The molecule has 0 aromatic carbocycles. The summed E-state index contributed by atoms with van der Waals surface area (Å²) in [5, 5.41) is 12.1. The zero-order valence-corrected chi connectivity index (χ0v) is 11.0. The van der Waals surface area contributed by atoms with Crippen molar-refractivity contribution in [3.8, 4) is 0 Å². The molecular formula is C10H13N3O2S2. The van der Waals surface area contributed by atoms with Gasteiger partial charge in [-0.05, 0) is 12.1 Å². The van der Waals surface area contributed by atoms with Gasteiger partial charge < -0.3 is 14.5 Å². The number of nitrogens with one attached hydrogen (secondary N) is 1. The zero-order valence-electron chi connectivity index (χ0n) is 9.38. The Hall–Kier alpha value is -1.05. The first-order valence-corrected chi connectivity index (χ1v) is 6.90. The lowest BCUT2D eigenvalue weighted by molar-refractivity contribution is 0.218. The molecule has 0 fully saturated rings. The van der Waals surface area contributed by atoms with Crippen LogP contribution in [0.15, 0.2) is 27.2 Å². The van der Waals surface area contributed by atoms with E-state index in [1.165, 1.54) is 11.3 Å². The van der Waals surface area contributed by atoms with Crippen LogP contribution in [0.25, 0.3) is 0 Å². The number of hydrogen-bond donors (Lipinski definition) is 1. The van der Waals surface area contributed by atoms with Gasteiger partial charge in [0, 0.05) is 12.9 Å². The highest BCUT2D eigenvalue weighted by Gasteiger charge is 2.04. The summed E-state index contributed by atoms with van der Waals surface area (Å²) in [5.74, 6) is 1.78. The summed E-state index contributed by atoms with van der Waals surface area (Å²) >= 11 is 3.18. The Kier molecular flexibility index (Phi) is 4.84. The number of aromatic nitrogens is 2. The molecule has 0 saturated carbocycles. The summed E-state index contributed by atoms with van der Waals surface area (Å²) in [4.78, 5) is 0. The number of hydrogen-bond acceptors (Lipinski definition) is 7. The van der Waals surface area contributed by atoms with Crippen LogP contribution in [0.3, 0.4) is 0 Å². The smallest absolute Gasteiger partial charge is 0.206 e. The molecule has 0 radical (unpaired) electrons. The number of anilines is 1. The van der Waals surface area contributed by atoms with Crippen molar-refractivity contribution in [2.45, 2.75) is 10.9 Å². The maximum absolute atomic E-state index is 5.21. The summed E-state index contributed by atoms with van der Waals surface area (Å²) in [6, 6.07) is 3.78. The minimum atomic E-state index is 0.629. The molecule has 2 aromatic heterocycles. The van der Waals surface area contributed by atoms with Crippen molar-refractivity contribution >= 4 is 28.2 Å². The Labute approximate surface area is 108 Å². The van der Waals surface area contributed by atoms with E-state index < -0.39 is 0 Å². The Morgan fingerprint density at radius 3 is 3.24 bits per heavy atom. The highest BCUT2D eigenvalue weighted by molar-refractivity contribution is 8.01. The molecular weight excluding hydrogens is 258 g/mol. The number of ether oxygens (including phenoxy) is 1. The minimum absolute atomic E-state index is 0.629. The van der Waals surface area contributed by atoms with Gasteiger partial charge in [-0.1, -0.05) is 23.1 Å². The van der Waals surface area contributed by atoms with Gasteiger partial charge >= 0.3 is 0 Å². The van der Waals surface area contributed by atoms with Crippen LogP contribution in [0.1, 0.15) is 5.76 Å². The van der Waals surface area contributed by atoms with Crippen LogP contribution in [0.2, 0.25) is 0 Å². The Morgan fingerprint density at radius 2 is 2.47 bits per heavy atom. The van der Waals surface area contributed by atoms with Crippen LogP contribution < -0.4 is 5.32 Å². The fourth-order valence-corrected chi connectivity index (χ4v) is 2.85. The van der Waals surface area contributed by atoms with E-state index in [1.807, 2.05) is 12.1 Å². The van der Waals surface area contributed by atoms with Crippen LogP contribution in [-0.4, -0.2) is 29.7 Å². The van der Waals surface area contributed by atoms with Crippen molar-refractivity contribution in [1.82, 2.24) is 10.2 Å². The van der Waals surface area contributed by atoms with Crippen LogP contribution in [0.5, 0.6) is 0 Å². The molecule has 2 aromatic rings. The molecule has 0 spiro atoms. The molecule has 0 unspecified atom stereocenters. The first-order valence-electron chi connectivity index (χ1n) is 5.10. The van der Waals surface area contributed by atoms with Gasteiger partial charge in [-0.15, -0.1) is 10.2 Å². The second-order valence-corrected chi connectivity index (χ2v) is 5.47. The van der Waals surface area contributed by atoms with Gasteiger partial charge in [0.1, 0.15) is 5.76 Å². The molecule has 7 heteroatoms. The summed E-state index contributed by atoms with van der Waals surface area (Å²) < 4.78 is 11.1. The predicted octanol–water partition coefficient (Wildman–Crippen LogP) is 2.48. The molecule has 0 aliphatic rings. The normalized spacial score (nSPS) is 10.6. The summed E-state index contributed by atoms with van der Waals surface area (Å²) in [5.41, 5.74) is 0. The van der Waals surface area contributed by atoms with Crippen molar-refractivity contribution in [3.63, 3.8) is 0 Å². The highest BCUT2D eigenvalue weighted by Crippen LogP contribution is 2.25. The van der Waals surface area contributed by atoms with Crippen molar-refractivity contribution in [3.05, 3.63) is 24.2 Å². The molecule has 1 N–H and O–H groups in total. The number of nitrogens with zero attached hydrogens (tertiary/aromatic N) is 2. The Balaban J connectivity index is 1.77. The van der Waals surface area contributed by atoms with Gasteiger partial charge in [0.2, 0.25) is 5.13 Å². The molecule has 92 valence electrons.